The van der Waals surface area contributed by atoms with Gasteiger partial charge in [-0.25, -0.2) is 0 Å². The summed E-state index contributed by atoms with van der Waals surface area (Å²) in [6.07, 6.45) is 3.60. The number of benzene rings is 2. The van der Waals surface area contributed by atoms with E-state index >= 15 is 0 Å². The van der Waals surface area contributed by atoms with Crippen LogP contribution in [0.5, 0.6) is 11.5 Å². The Hall–Kier alpha value is -1.96. The van der Waals surface area contributed by atoms with Gasteiger partial charge in [-0.1, -0.05) is 37.6 Å². The van der Waals surface area contributed by atoms with Crippen molar-refractivity contribution < 1.29 is 9.84 Å². The molecule has 0 unspecified atom stereocenters. The molecule has 2 aromatic carbocycles. The van der Waals surface area contributed by atoms with Gasteiger partial charge in [0.2, 0.25) is 0 Å². The number of aryl methyl sites for hydroxylation is 1. The zero-order valence-electron chi connectivity index (χ0n) is 11.3. The highest BCUT2D eigenvalue weighted by Gasteiger charge is 1.98. The molecule has 2 heteroatoms. The van der Waals surface area contributed by atoms with Gasteiger partial charge in [0.1, 0.15) is 12.4 Å². The van der Waals surface area contributed by atoms with Gasteiger partial charge >= 0.3 is 0 Å². The molecule has 2 rings (SSSR count). The fraction of sp³-hybridized carbons (Fsp3) is 0.294. The van der Waals surface area contributed by atoms with Crippen molar-refractivity contribution in [2.24, 2.45) is 0 Å². The van der Waals surface area contributed by atoms with Crippen LogP contribution >= 0.6 is 0 Å². The number of ether oxygens (including phenoxy) is 1. The van der Waals surface area contributed by atoms with E-state index in [4.69, 9.17) is 4.74 Å². The SMILES string of the molecule is CCCCc1ccc(COc2ccc([O])cc2)cc1. The van der Waals surface area contributed by atoms with Crippen LogP contribution in [-0.2, 0) is 18.1 Å². The smallest absolute Gasteiger partial charge is 0.178 e. The van der Waals surface area contributed by atoms with E-state index in [9.17, 15) is 5.11 Å². The predicted octanol–water partition coefficient (Wildman–Crippen LogP) is 4.75. The van der Waals surface area contributed by atoms with Gasteiger partial charge in [0.05, 0.1) is 0 Å². The van der Waals surface area contributed by atoms with Gasteiger partial charge in [0.25, 0.3) is 0 Å². The van der Waals surface area contributed by atoms with Gasteiger partial charge in [-0.3, -0.25) is 5.11 Å². The van der Waals surface area contributed by atoms with Crippen molar-refractivity contribution in [3.8, 4) is 11.5 Å². The third-order valence-electron chi connectivity index (χ3n) is 3.07. The molecule has 0 heterocycles. The van der Waals surface area contributed by atoms with Crippen LogP contribution in [0.25, 0.3) is 0 Å². The summed E-state index contributed by atoms with van der Waals surface area (Å²) < 4.78 is 5.63. The first-order chi connectivity index (χ1) is 9.28. The zero-order valence-corrected chi connectivity index (χ0v) is 11.3. The standard InChI is InChI=1S/C17H19O2/c1-2-3-4-14-5-7-15(8-6-14)13-19-17-11-9-16(18)10-12-17/h5-12H,2-4,13H2,1H3. The van der Waals surface area contributed by atoms with Gasteiger partial charge in [0, 0.05) is 0 Å². The molecule has 2 aromatic rings. The largest absolute Gasteiger partial charge is 0.489 e. The molecule has 0 atom stereocenters. The van der Waals surface area contributed by atoms with E-state index in [-0.39, 0.29) is 5.75 Å². The molecule has 0 saturated carbocycles. The number of rotatable bonds is 6. The molecular weight excluding hydrogens is 236 g/mol. The lowest BCUT2D eigenvalue weighted by Crippen LogP contribution is -1.95. The third-order valence-corrected chi connectivity index (χ3v) is 3.07. The Morgan fingerprint density at radius 1 is 0.895 bits per heavy atom. The Labute approximate surface area is 114 Å². The minimum Gasteiger partial charge on any atom is -0.489 e. The highest BCUT2D eigenvalue weighted by Crippen LogP contribution is 2.18. The van der Waals surface area contributed by atoms with E-state index in [1.165, 1.54) is 30.5 Å². The van der Waals surface area contributed by atoms with Crippen molar-refractivity contribution in [2.75, 3.05) is 0 Å². The van der Waals surface area contributed by atoms with Crippen molar-refractivity contribution in [3.63, 3.8) is 0 Å². The second-order valence-corrected chi connectivity index (χ2v) is 4.68. The van der Waals surface area contributed by atoms with Crippen LogP contribution in [0.1, 0.15) is 30.9 Å². The van der Waals surface area contributed by atoms with Gasteiger partial charge < -0.3 is 4.74 Å². The van der Waals surface area contributed by atoms with Crippen LogP contribution in [0.2, 0.25) is 0 Å². The quantitative estimate of drug-likeness (QED) is 0.732. The van der Waals surface area contributed by atoms with E-state index in [0.29, 0.717) is 6.61 Å². The molecule has 0 aliphatic carbocycles. The Bertz CT molecular complexity index is 486. The first-order valence-electron chi connectivity index (χ1n) is 6.75. The van der Waals surface area contributed by atoms with Gasteiger partial charge in [0.15, 0.2) is 5.75 Å². The summed E-state index contributed by atoms with van der Waals surface area (Å²) in [5, 5.41) is 11.0. The van der Waals surface area contributed by atoms with E-state index in [2.05, 4.69) is 31.2 Å². The molecular formula is C17H19O2. The highest BCUT2D eigenvalue weighted by atomic mass is 16.5. The van der Waals surface area contributed by atoms with E-state index < -0.39 is 0 Å². The minimum atomic E-state index is 0.00706. The fourth-order valence-electron chi connectivity index (χ4n) is 1.89. The van der Waals surface area contributed by atoms with Crippen molar-refractivity contribution in [3.05, 3.63) is 59.7 Å². The van der Waals surface area contributed by atoms with Gasteiger partial charge in [-0.2, -0.15) is 0 Å². The van der Waals surface area contributed by atoms with E-state index in [0.717, 1.165) is 17.7 Å². The average molecular weight is 255 g/mol. The summed E-state index contributed by atoms with van der Waals surface area (Å²) in [5.74, 6) is 0.738. The van der Waals surface area contributed by atoms with Crippen molar-refractivity contribution in [1.29, 1.82) is 0 Å². The molecule has 19 heavy (non-hydrogen) atoms. The Balaban J connectivity index is 1.87. The van der Waals surface area contributed by atoms with Crippen molar-refractivity contribution >= 4 is 0 Å². The molecule has 99 valence electrons. The molecule has 0 fully saturated rings. The summed E-state index contributed by atoms with van der Waals surface area (Å²) >= 11 is 0. The molecule has 0 aliphatic heterocycles. The highest BCUT2D eigenvalue weighted by molar-refractivity contribution is 5.30. The topological polar surface area (TPSA) is 29.1 Å². The van der Waals surface area contributed by atoms with Gasteiger partial charge in [-0.15, -0.1) is 0 Å². The van der Waals surface area contributed by atoms with Crippen molar-refractivity contribution in [2.45, 2.75) is 32.8 Å². The maximum atomic E-state index is 11.0. The predicted molar refractivity (Wildman–Crippen MR) is 76.0 cm³/mol. The lowest BCUT2D eigenvalue weighted by Gasteiger charge is -2.07. The van der Waals surface area contributed by atoms with Crippen molar-refractivity contribution in [1.82, 2.24) is 0 Å². The molecule has 0 N–H and O–H groups in total. The molecule has 0 bridgehead atoms. The summed E-state index contributed by atoms with van der Waals surface area (Å²) in [5.41, 5.74) is 2.52. The number of unbranched alkanes of at least 4 members (excludes halogenated alkanes) is 1. The monoisotopic (exact) mass is 255 g/mol. The lowest BCUT2D eigenvalue weighted by molar-refractivity contribution is 0.304. The number of hydrogen-bond acceptors (Lipinski definition) is 1. The summed E-state index contributed by atoms with van der Waals surface area (Å²) in [6, 6.07) is 15.0. The average Bonchev–Trinajstić information content (AvgIpc) is 2.46. The number of hydrogen-bond donors (Lipinski definition) is 0. The normalized spacial score (nSPS) is 10.4. The van der Waals surface area contributed by atoms with Crippen LogP contribution in [-0.4, -0.2) is 0 Å². The molecule has 1 radical (unpaired) electrons. The molecule has 0 saturated heterocycles. The van der Waals surface area contributed by atoms with Gasteiger partial charge in [-0.05, 0) is 48.2 Å². The van der Waals surface area contributed by atoms with Crippen LogP contribution in [0.3, 0.4) is 0 Å². The van der Waals surface area contributed by atoms with Crippen LogP contribution < -0.4 is 4.74 Å². The van der Waals surface area contributed by atoms with Crippen LogP contribution in [0, 0.1) is 0 Å². The second-order valence-electron chi connectivity index (χ2n) is 4.68. The first-order valence-corrected chi connectivity index (χ1v) is 6.75. The Morgan fingerprint density at radius 3 is 2.16 bits per heavy atom. The molecule has 0 amide bonds. The third kappa shape index (κ3) is 4.32. The zero-order chi connectivity index (χ0) is 13.5. The van der Waals surface area contributed by atoms with Crippen LogP contribution in [0.15, 0.2) is 48.5 Å². The Morgan fingerprint density at radius 2 is 1.53 bits per heavy atom. The molecule has 0 aliphatic rings. The maximum Gasteiger partial charge on any atom is 0.178 e. The maximum absolute atomic E-state index is 11.0. The second kappa shape index (κ2) is 6.83. The lowest BCUT2D eigenvalue weighted by atomic mass is 10.1. The summed E-state index contributed by atoms with van der Waals surface area (Å²) in [7, 11) is 0. The summed E-state index contributed by atoms with van der Waals surface area (Å²) in [6.45, 7) is 2.74. The molecule has 0 aromatic heterocycles. The molecule has 2 nitrogen and oxygen atoms in total. The van der Waals surface area contributed by atoms with E-state index in [1.54, 1.807) is 12.1 Å². The molecule has 0 spiro atoms. The Kier molecular flexibility index (Phi) is 4.85. The van der Waals surface area contributed by atoms with E-state index in [1.807, 2.05) is 0 Å². The fourth-order valence-corrected chi connectivity index (χ4v) is 1.89. The first kappa shape index (κ1) is 13.5. The summed E-state index contributed by atoms with van der Waals surface area (Å²) in [4.78, 5) is 0. The van der Waals surface area contributed by atoms with Crippen LogP contribution in [0.4, 0.5) is 0 Å². The minimum absolute atomic E-state index is 0.00706.